The molecular weight excluding hydrogens is 328 g/mol. The summed E-state index contributed by atoms with van der Waals surface area (Å²) in [5, 5.41) is 6.14. The number of alkyl halides is 2. The van der Waals surface area contributed by atoms with Crippen LogP contribution in [0, 0.1) is 0 Å². The highest BCUT2D eigenvalue weighted by Gasteiger charge is 2.15. The van der Waals surface area contributed by atoms with E-state index in [2.05, 4.69) is 15.4 Å². The molecule has 0 unspecified atom stereocenters. The molecule has 2 N–H and O–H groups in total. The number of benzene rings is 2. The number of para-hydroxylation sites is 1. The molecule has 2 aromatic carbocycles. The van der Waals surface area contributed by atoms with Crippen molar-refractivity contribution in [3.05, 3.63) is 54.1 Å². The van der Waals surface area contributed by atoms with E-state index < -0.39 is 6.61 Å². The quantitative estimate of drug-likeness (QED) is 0.768. The molecule has 0 saturated carbocycles. The molecule has 0 spiro atoms. The van der Waals surface area contributed by atoms with Crippen LogP contribution >= 0.6 is 0 Å². The van der Waals surface area contributed by atoms with E-state index in [0.717, 1.165) is 0 Å². The molecule has 7 heteroatoms. The molecule has 5 nitrogen and oxygen atoms in total. The number of rotatable bonds is 8. The fraction of sp³-hybridized carbons (Fsp3) is 0.278. The molecule has 0 saturated heterocycles. The lowest BCUT2D eigenvalue weighted by Gasteiger charge is -2.19. The van der Waals surface area contributed by atoms with Gasteiger partial charge in [-0.3, -0.25) is 4.79 Å². The van der Waals surface area contributed by atoms with Gasteiger partial charge in [0.15, 0.2) is 0 Å². The Morgan fingerprint density at radius 1 is 1.16 bits per heavy atom. The Balaban J connectivity index is 2.13. The first-order valence-corrected chi connectivity index (χ1v) is 7.82. The molecule has 134 valence electrons. The van der Waals surface area contributed by atoms with Crippen LogP contribution in [0.15, 0.2) is 48.5 Å². The highest BCUT2D eigenvalue weighted by molar-refractivity contribution is 6.00. The first-order chi connectivity index (χ1) is 12.0. The third-order valence-electron chi connectivity index (χ3n) is 3.56. The number of amides is 1. The molecule has 0 fully saturated rings. The Morgan fingerprint density at radius 2 is 1.84 bits per heavy atom. The van der Waals surface area contributed by atoms with Gasteiger partial charge in [-0.2, -0.15) is 8.78 Å². The van der Waals surface area contributed by atoms with E-state index in [9.17, 15) is 13.6 Å². The van der Waals surface area contributed by atoms with Gasteiger partial charge in [0.1, 0.15) is 5.75 Å². The summed E-state index contributed by atoms with van der Waals surface area (Å²) in [4.78, 5) is 14.2. The topological polar surface area (TPSA) is 53.6 Å². The number of ether oxygens (including phenoxy) is 1. The maximum Gasteiger partial charge on any atom is 0.387 e. The molecule has 0 atom stereocenters. The van der Waals surface area contributed by atoms with Gasteiger partial charge in [-0.15, -0.1) is 0 Å². The molecule has 0 aliphatic carbocycles. The number of hydrogen-bond donors (Lipinski definition) is 2. The maximum atomic E-state index is 12.6. The number of nitrogens with zero attached hydrogens (tertiary/aromatic N) is 1. The van der Waals surface area contributed by atoms with E-state index >= 15 is 0 Å². The Bertz CT molecular complexity index is 693. The SMILES string of the molecule is CNCCN(C)C(=O)c1ccccc1Nc1ccc(OC(F)F)cc1. The first kappa shape index (κ1) is 18.7. The van der Waals surface area contributed by atoms with Crippen molar-refractivity contribution in [1.82, 2.24) is 10.2 Å². The van der Waals surface area contributed by atoms with Gasteiger partial charge in [-0.25, -0.2) is 0 Å². The highest BCUT2D eigenvalue weighted by atomic mass is 19.3. The lowest BCUT2D eigenvalue weighted by atomic mass is 10.1. The summed E-state index contributed by atoms with van der Waals surface area (Å²) in [6.07, 6.45) is 0. The molecule has 0 radical (unpaired) electrons. The molecule has 2 rings (SSSR count). The summed E-state index contributed by atoms with van der Waals surface area (Å²) in [7, 11) is 3.57. The number of hydrogen-bond acceptors (Lipinski definition) is 4. The van der Waals surface area contributed by atoms with Crippen LogP contribution in [0.3, 0.4) is 0 Å². The predicted octanol–water partition coefficient (Wildman–Crippen LogP) is 3.32. The fourth-order valence-electron chi connectivity index (χ4n) is 2.24. The molecule has 2 aromatic rings. The van der Waals surface area contributed by atoms with Gasteiger partial charge in [0, 0.05) is 25.8 Å². The molecule has 0 aromatic heterocycles. The van der Waals surface area contributed by atoms with Crippen LogP contribution in [0.2, 0.25) is 0 Å². The lowest BCUT2D eigenvalue weighted by Crippen LogP contribution is -2.33. The number of likely N-dealkylation sites (N-methyl/N-ethyl adjacent to an activating group) is 2. The summed E-state index contributed by atoms with van der Waals surface area (Å²) < 4.78 is 28.7. The molecular formula is C18H21F2N3O2. The molecule has 0 aliphatic rings. The van der Waals surface area contributed by atoms with Gasteiger partial charge in [-0.05, 0) is 43.4 Å². The monoisotopic (exact) mass is 349 g/mol. The first-order valence-electron chi connectivity index (χ1n) is 7.82. The number of carbonyl (C=O) groups excluding carboxylic acids is 1. The van der Waals surface area contributed by atoms with Crippen LogP contribution in [0.4, 0.5) is 20.2 Å². The molecule has 1 amide bonds. The second-order valence-corrected chi connectivity index (χ2v) is 5.40. The van der Waals surface area contributed by atoms with Crippen LogP contribution in [-0.2, 0) is 0 Å². The Hall–Kier alpha value is -2.67. The van der Waals surface area contributed by atoms with Crippen molar-refractivity contribution in [3.63, 3.8) is 0 Å². The van der Waals surface area contributed by atoms with Gasteiger partial charge in [0.2, 0.25) is 0 Å². The number of anilines is 2. The van der Waals surface area contributed by atoms with E-state index in [4.69, 9.17) is 0 Å². The van der Waals surface area contributed by atoms with Crippen molar-refractivity contribution in [3.8, 4) is 5.75 Å². The summed E-state index contributed by atoms with van der Waals surface area (Å²) in [6.45, 7) is -1.57. The van der Waals surface area contributed by atoms with Crippen molar-refractivity contribution in [2.24, 2.45) is 0 Å². The predicted molar refractivity (Wildman–Crippen MR) is 93.7 cm³/mol. The normalized spacial score (nSPS) is 10.6. The van der Waals surface area contributed by atoms with E-state index in [1.54, 1.807) is 42.3 Å². The van der Waals surface area contributed by atoms with Gasteiger partial charge in [-0.1, -0.05) is 12.1 Å². The number of carbonyl (C=O) groups is 1. The molecule has 0 heterocycles. The Kier molecular flexibility index (Phi) is 6.71. The van der Waals surface area contributed by atoms with Crippen molar-refractivity contribution >= 4 is 17.3 Å². The van der Waals surface area contributed by atoms with Crippen LogP contribution in [0.1, 0.15) is 10.4 Å². The van der Waals surface area contributed by atoms with Gasteiger partial charge in [0.05, 0.1) is 11.3 Å². The fourth-order valence-corrected chi connectivity index (χ4v) is 2.24. The summed E-state index contributed by atoms with van der Waals surface area (Å²) in [5.74, 6) is -0.0206. The van der Waals surface area contributed by atoms with Crippen molar-refractivity contribution in [1.29, 1.82) is 0 Å². The lowest BCUT2D eigenvalue weighted by molar-refractivity contribution is -0.0498. The zero-order valence-corrected chi connectivity index (χ0v) is 14.1. The minimum atomic E-state index is -2.86. The van der Waals surface area contributed by atoms with Crippen LogP contribution in [-0.4, -0.2) is 44.6 Å². The molecule has 0 bridgehead atoms. The third kappa shape index (κ3) is 5.42. The molecule has 0 aliphatic heterocycles. The third-order valence-corrected chi connectivity index (χ3v) is 3.56. The standard InChI is InChI=1S/C18H21F2N3O2/c1-21-11-12-23(2)17(24)15-5-3-4-6-16(15)22-13-7-9-14(10-8-13)25-18(19)20/h3-10,18,21-22H,11-12H2,1-2H3. The van der Waals surface area contributed by atoms with Crippen LogP contribution in [0.5, 0.6) is 5.75 Å². The number of halogens is 2. The second kappa shape index (κ2) is 8.98. The van der Waals surface area contributed by atoms with Crippen molar-refractivity contribution in [2.45, 2.75) is 6.61 Å². The average molecular weight is 349 g/mol. The minimum absolute atomic E-state index is 0.0803. The number of nitrogens with one attached hydrogen (secondary N) is 2. The van der Waals surface area contributed by atoms with E-state index in [-0.39, 0.29) is 11.7 Å². The van der Waals surface area contributed by atoms with Gasteiger partial charge in [0.25, 0.3) is 5.91 Å². The average Bonchev–Trinajstić information content (AvgIpc) is 2.60. The zero-order valence-electron chi connectivity index (χ0n) is 14.1. The van der Waals surface area contributed by atoms with E-state index in [1.165, 1.54) is 12.1 Å². The second-order valence-electron chi connectivity index (χ2n) is 5.40. The minimum Gasteiger partial charge on any atom is -0.435 e. The summed E-state index contributed by atoms with van der Waals surface area (Å²) in [6, 6.07) is 13.3. The Labute approximate surface area is 145 Å². The highest BCUT2D eigenvalue weighted by Crippen LogP contribution is 2.24. The van der Waals surface area contributed by atoms with Crippen LogP contribution < -0.4 is 15.4 Å². The van der Waals surface area contributed by atoms with Crippen molar-refractivity contribution < 1.29 is 18.3 Å². The Morgan fingerprint density at radius 3 is 2.48 bits per heavy atom. The van der Waals surface area contributed by atoms with Gasteiger partial charge >= 0.3 is 6.61 Å². The maximum absolute atomic E-state index is 12.6. The van der Waals surface area contributed by atoms with E-state index in [0.29, 0.717) is 30.0 Å². The smallest absolute Gasteiger partial charge is 0.387 e. The largest absolute Gasteiger partial charge is 0.435 e. The van der Waals surface area contributed by atoms with E-state index in [1.807, 2.05) is 13.1 Å². The van der Waals surface area contributed by atoms with Crippen molar-refractivity contribution in [2.75, 3.05) is 32.5 Å². The molecule has 25 heavy (non-hydrogen) atoms. The zero-order chi connectivity index (χ0) is 18.2. The summed E-state index contributed by atoms with van der Waals surface area (Å²) >= 11 is 0. The summed E-state index contributed by atoms with van der Waals surface area (Å²) in [5.41, 5.74) is 1.85. The van der Waals surface area contributed by atoms with Gasteiger partial charge < -0.3 is 20.3 Å². The van der Waals surface area contributed by atoms with Crippen LogP contribution in [0.25, 0.3) is 0 Å².